The van der Waals surface area contributed by atoms with E-state index in [2.05, 4.69) is 18.9 Å². The van der Waals surface area contributed by atoms with E-state index in [0.29, 0.717) is 12.1 Å². The van der Waals surface area contributed by atoms with Gasteiger partial charge in [0.1, 0.15) is 0 Å². The molecule has 1 fully saturated rings. The SMILES string of the molecule is CC(O)CCN(C)C1CCOC1C. The molecule has 0 spiro atoms. The zero-order valence-corrected chi connectivity index (χ0v) is 8.86. The molecule has 0 bridgehead atoms. The van der Waals surface area contributed by atoms with Crippen LogP contribution in [0.2, 0.25) is 0 Å². The fourth-order valence-corrected chi connectivity index (χ4v) is 1.86. The summed E-state index contributed by atoms with van der Waals surface area (Å²) in [5.74, 6) is 0. The van der Waals surface area contributed by atoms with Gasteiger partial charge in [0.25, 0.3) is 0 Å². The highest BCUT2D eigenvalue weighted by molar-refractivity contribution is 4.80. The van der Waals surface area contributed by atoms with Gasteiger partial charge in [-0.1, -0.05) is 0 Å². The largest absolute Gasteiger partial charge is 0.393 e. The normalized spacial score (nSPS) is 31.2. The van der Waals surface area contributed by atoms with Gasteiger partial charge in [0.05, 0.1) is 12.2 Å². The van der Waals surface area contributed by atoms with Crippen LogP contribution < -0.4 is 0 Å². The molecule has 1 saturated heterocycles. The van der Waals surface area contributed by atoms with Gasteiger partial charge in [-0.2, -0.15) is 0 Å². The Kier molecular flexibility index (Phi) is 4.16. The van der Waals surface area contributed by atoms with E-state index in [1.807, 2.05) is 6.92 Å². The van der Waals surface area contributed by atoms with E-state index >= 15 is 0 Å². The van der Waals surface area contributed by atoms with Crippen LogP contribution in [0.4, 0.5) is 0 Å². The standard InChI is InChI=1S/C10H21NO2/c1-8(12)4-6-11(3)10-5-7-13-9(10)2/h8-10,12H,4-7H2,1-3H3. The molecule has 1 aliphatic heterocycles. The van der Waals surface area contributed by atoms with Crippen LogP contribution in [-0.2, 0) is 4.74 Å². The smallest absolute Gasteiger partial charge is 0.0702 e. The van der Waals surface area contributed by atoms with Gasteiger partial charge < -0.3 is 14.7 Å². The van der Waals surface area contributed by atoms with Crippen LogP contribution in [0.3, 0.4) is 0 Å². The van der Waals surface area contributed by atoms with E-state index in [4.69, 9.17) is 9.84 Å². The molecule has 3 heteroatoms. The first-order valence-corrected chi connectivity index (χ1v) is 5.11. The van der Waals surface area contributed by atoms with Crippen molar-refractivity contribution in [2.24, 2.45) is 0 Å². The van der Waals surface area contributed by atoms with Crippen LogP contribution >= 0.6 is 0 Å². The number of aliphatic hydroxyl groups is 1. The molecule has 3 atom stereocenters. The summed E-state index contributed by atoms with van der Waals surface area (Å²) in [4.78, 5) is 2.30. The first-order chi connectivity index (χ1) is 6.11. The minimum atomic E-state index is -0.194. The second kappa shape index (κ2) is 4.94. The molecule has 0 aromatic rings. The summed E-state index contributed by atoms with van der Waals surface area (Å²) in [5, 5.41) is 9.15. The summed E-state index contributed by atoms with van der Waals surface area (Å²) in [7, 11) is 2.11. The molecule has 0 radical (unpaired) electrons. The van der Waals surface area contributed by atoms with Gasteiger partial charge in [0, 0.05) is 19.2 Å². The van der Waals surface area contributed by atoms with Crippen molar-refractivity contribution in [2.45, 2.75) is 44.9 Å². The minimum Gasteiger partial charge on any atom is -0.393 e. The third-order valence-corrected chi connectivity index (χ3v) is 2.80. The van der Waals surface area contributed by atoms with Crippen LogP contribution in [0.5, 0.6) is 0 Å². The second-order valence-electron chi connectivity index (χ2n) is 4.05. The van der Waals surface area contributed by atoms with Crippen molar-refractivity contribution < 1.29 is 9.84 Å². The van der Waals surface area contributed by atoms with E-state index < -0.39 is 0 Å². The summed E-state index contributed by atoms with van der Waals surface area (Å²) in [6.45, 7) is 5.79. The lowest BCUT2D eigenvalue weighted by atomic mass is 10.1. The van der Waals surface area contributed by atoms with Crippen molar-refractivity contribution in [2.75, 3.05) is 20.2 Å². The van der Waals surface area contributed by atoms with E-state index in [0.717, 1.165) is 26.0 Å². The maximum Gasteiger partial charge on any atom is 0.0702 e. The molecule has 0 amide bonds. The van der Waals surface area contributed by atoms with E-state index in [-0.39, 0.29) is 6.10 Å². The van der Waals surface area contributed by atoms with Crippen molar-refractivity contribution in [3.8, 4) is 0 Å². The summed E-state index contributed by atoms with van der Waals surface area (Å²) in [6, 6.07) is 0.541. The van der Waals surface area contributed by atoms with Gasteiger partial charge in [-0.05, 0) is 33.7 Å². The molecule has 1 heterocycles. The lowest BCUT2D eigenvalue weighted by Gasteiger charge is -2.26. The van der Waals surface area contributed by atoms with Crippen LogP contribution in [-0.4, -0.2) is 48.5 Å². The molecule has 0 aliphatic carbocycles. The van der Waals surface area contributed by atoms with Gasteiger partial charge >= 0.3 is 0 Å². The number of nitrogens with zero attached hydrogens (tertiary/aromatic N) is 1. The Hall–Kier alpha value is -0.120. The number of ether oxygens (including phenoxy) is 1. The van der Waals surface area contributed by atoms with E-state index in [9.17, 15) is 0 Å². The Balaban J connectivity index is 2.25. The molecule has 0 aromatic carbocycles. The molecule has 1 N–H and O–H groups in total. The molecule has 0 aromatic heterocycles. The van der Waals surface area contributed by atoms with Gasteiger partial charge in [-0.3, -0.25) is 0 Å². The predicted octanol–water partition coefficient (Wildman–Crippen LogP) is 0.866. The van der Waals surface area contributed by atoms with Crippen LogP contribution in [0.15, 0.2) is 0 Å². The van der Waals surface area contributed by atoms with Gasteiger partial charge in [-0.25, -0.2) is 0 Å². The van der Waals surface area contributed by atoms with Gasteiger partial charge in [0.15, 0.2) is 0 Å². The Morgan fingerprint density at radius 2 is 2.31 bits per heavy atom. The molecule has 3 nitrogen and oxygen atoms in total. The van der Waals surface area contributed by atoms with Crippen molar-refractivity contribution in [1.82, 2.24) is 4.90 Å². The molecule has 1 aliphatic rings. The van der Waals surface area contributed by atoms with Crippen LogP contribution in [0.25, 0.3) is 0 Å². The highest BCUT2D eigenvalue weighted by atomic mass is 16.5. The average Bonchev–Trinajstić information content (AvgIpc) is 2.47. The highest BCUT2D eigenvalue weighted by Gasteiger charge is 2.27. The van der Waals surface area contributed by atoms with Crippen LogP contribution in [0, 0.1) is 0 Å². The zero-order chi connectivity index (χ0) is 9.84. The fraction of sp³-hybridized carbons (Fsp3) is 1.00. The van der Waals surface area contributed by atoms with Crippen LogP contribution in [0.1, 0.15) is 26.7 Å². The second-order valence-corrected chi connectivity index (χ2v) is 4.05. The van der Waals surface area contributed by atoms with Crippen molar-refractivity contribution >= 4 is 0 Å². The maximum atomic E-state index is 9.15. The molecule has 13 heavy (non-hydrogen) atoms. The molecule has 1 rings (SSSR count). The quantitative estimate of drug-likeness (QED) is 0.708. The van der Waals surface area contributed by atoms with E-state index in [1.165, 1.54) is 0 Å². The monoisotopic (exact) mass is 187 g/mol. The van der Waals surface area contributed by atoms with Gasteiger partial charge in [0.2, 0.25) is 0 Å². The summed E-state index contributed by atoms with van der Waals surface area (Å²) >= 11 is 0. The summed E-state index contributed by atoms with van der Waals surface area (Å²) in [6.07, 6.45) is 2.12. The fourth-order valence-electron chi connectivity index (χ4n) is 1.86. The van der Waals surface area contributed by atoms with Crippen molar-refractivity contribution in [3.05, 3.63) is 0 Å². The Labute approximate surface area is 80.7 Å². The molecule has 3 unspecified atom stereocenters. The third-order valence-electron chi connectivity index (χ3n) is 2.80. The minimum absolute atomic E-state index is 0.194. The number of rotatable bonds is 4. The maximum absolute atomic E-state index is 9.15. The molecule has 78 valence electrons. The number of likely N-dealkylation sites (N-methyl/N-ethyl adjacent to an activating group) is 1. The third kappa shape index (κ3) is 3.25. The first-order valence-electron chi connectivity index (χ1n) is 5.11. The number of aliphatic hydroxyl groups excluding tert-OH is 1. The highest BCUT2D eigenvalue weighted by Crippen LogP contribution is 2.18. The lowest BCUT2D eigenvalue weighted by Crippen LogP contribution is -2.38. The number of hydrogen-bond acceptors (Lipinski definition) is 3. The average molecular weight is 187 g/mol. The Morgan fingerprint density at radius 1 is 1.62 bits per heavy atom. The Bertz CT molecular complexity index is 150. The zero-order valence-electron chi connectivity index (χ0n) is 8.86. The molecular weight excluding hydrogens is 166 g/mol. The lowest BCUT2D eigenvalue weighted by molar-refractivity contribution is 0.0767. The number of hydrogen-bond donors (Lipinski definition) is 1. The summed E-state index contributed by atoms with van der Waals surface area (Å²) < 4.78 is 5.49. The first kappa shape index (κ1) is 11.0. The predicted molar refractivity (Wildman–Crippen MR) is 52.7 cm³/mol. The van der Waals surface area contributed by atoms with E-state index in [1.54, 1.807) is 0 Å². The van der Waals surface area contributed by atoms with Crippen molar-refractivity contribution in [1.29, 1.82) is 0 Å². The van der Waals surface area contributed by atoms with Gasteiger partial charge in [-0.15, -0.1) is 0 Å². The summed E-state index contributed by atoms with van der Waals surface area (Å²) in [5.41, 5.74) is 0. The Morgan fingerprint density at radius 3 is 2.77 bits per heavy atom. The topological polar surface area (TPSA) is 32.7 Å². The molecular formula is C10H21NO2. The molecule has 0 saturated carbocycles. The van der Waals surface area contributed by atoms with Crippen molar-refractivity contribution in [3.63, 3.8) is 0 Å².